The Hall–Kier alpha value is -3.14. The van der Waals surface area contributed by atoms with E-state index in [1.165, 1.54) is 15.9 Å². The van der Waals surface area contributed by atoms with Crippen molar-refractivity contribution >= 4 is 46.8 Å². The van der Waals surface area contributed by atoms with Gasteiger partial charge in [0.05, 0.1) is 22.9 Å². The summed E-state index contributed by atoms with van der Waals surface area (Å²) in [5, 5.41) is 4.98. The van der Waals surface area contributed by atoms with Crippen molar-refractivity contribution in [3.05, 3.63) is 34.7 Å². The van der Waals surface area contributed by atoms with Crippen LogP contribution in [0.4, 0.5) is 37.1 Å². The van der Waals surface area contributed by atoms with Crippen LogP contribution in [0.1, 0.15) is 5.56 Å². The molecule has 1 aliphatic rings. The molecule has 0 spiro atoms. The molecule has 0 aliphatic carbocycles. The molecule has 4 amide bonds. The van der Waals surface area contributed by atoms with Crippen molar-refractivity contribution in [3.63, 3.8) is 0 Å². The third kappa shape index (κ3) is 3.06. The SMILES string of the molecule is CNc1ncc2c(n1)N(C)C(=O)N(c1cc(NC(N)=O)c(F)cc1Cl)C2. The topological polar surface area (TPSA) is 116 Å². The van der Waals surface area contributed by atoms with Gasteiger partial charge in [-0.25, -0.2) is 19.0 Å². The Labute approximate surface area is 152 Å². The van der Waals surface area contributed by atoms with E-state index in [2.05, 4.69) is 20.6 Å². The minimum atomic E-state index is -0.933. The number of amides is 4. The maximum absolute atomic E-state index is 14.0. The molecule has 0 unspecified atom stereocenters. The molecule has 0 saturated heterocycles. The number of anilines is 4. The number of fused-ring (bicyclic) bond motifs is 1. The lowest BCUT2D eigenvalue weighted by atomic mass is 10.2. The predicted molar refractivity (Wildman–Crippen MR) is 96.2 cm³/mol. The molecule has 2 aromatic rings. The zero-order chi connectivity index (χ0) is 19.0. The summed E-state index contributed by atoms with van der Waals surface area (Å²) in [6.07, 6.45) is 1.59. The van der Waals surface area contributed by atoms with E-state index in [0.717, 1.165) is 6.07 Å². The second-order valence-corrected chi connectivity index (χ2v) is 5.90. The fraction of sp³-hybridized carbons (Fsp3) is 0.200. The number of rotatable bonds is 3. The first kappa shape index (κ1) is 17.7. The molecule has 3 rings (SSSR count). The highest BCUT2D eigenvalue weighted by molar-refractivity contribution is 6.34. The van der Waals surface area contributed by atoms with Crippen molar-refractivity contribution in [3.8, 4) is 0 Å². The van der Waals surface area contributed by atoms with Gasteiger partial charge in [0.1, 0.15) is 11.6 Å². The molecule has 0 bridgehead atoms. The van der Waals surface area contributed by atoms with E-state index in [4.69, 9.17) is 17.3 Å². The Morgan fingerprint density at radius 3 is 2.81 bits per heavy atom. The molecule has 1 aromatic carbocycles. The zero-order valence-electron chi connectivity index (χ0n) is 13.9. The van der Waals surface area contributed by atoms with Gasteiger partial charge in [-0.1, -0.05) is 11.6 Å². The number of nitrogens with two attached hydrogens (primary N) is 1. The van der Waals surface area contributed by atoms with Gasteiger partial charge in [-0.3, -0.25) is 9.80 Å². The van der Waals surface area contributed by atoms with Crippen LogP contribution in [0.2, 0.25) is 5.02 Å². The normalized spacial score (nSPS) is 13.5. The molecule has 1 aromatic heterocycles. The first-order valence-corrected chi connectivity index (χ1v) is 7.84. The van der Waals surface area contributed by atoms with Gasteiger partial charge in [-0.05, 0) is 12.1 Å². The standard InChI is InChI=1S/C15H15ClFN7O2/c1-19-14-20-5-7-6-24(15(26)23(2)12(7)22-14)11-4-10(21-13(18)25)9(17)3-8(11)16/h3-5H,6H2,1-2H3,(H3,18,21,25)(H,19,20,22). The molecule has 0 radical (unpaired) electrons. The van der Waals surface area contributed by atoms with Crippen LogP contribution < -0.4 is 26.2 Å². The zero-order valence-corrected chi connectivity index (χ0v) is 14.6. The fourth-order valence-electron chi connectivity index (χ4n) is 2.59. The van der Waals surface area contributed by atoms with Crippen molar-refractivity contribution in [2.45, 2.75) is 6.54 Å². The molecule has 2 heterocycles. The number of urea groups is 2. The van der Waals surface area contributed by atoms with Crippen LogP contribution in [0.3, 0.4) is 0 Å². The summed E-state index contributed by atoms with van der Waals surface area (Å²) in [7, 11) is 3.23. The first-order chi connectivity index (χ1) is 12.3. The number of carbonyl (C=O) groups excluding carboxylic acids is 2. The number of aromatic nitrogens is 2. The van der Waals surface area contributed by atoms with Gasteiger partial charge in [0, 0.05) is 25.9 Å². The van der Waals surface area contributed by atoms with Gasteiger partial charge in [0.25, 0.3) is 0 Å². The lowest BCUT2D eigenvalue weighted by Crippen LogP contribution is -2.46. The number of halogens is 2. The number of benzene rings is 1. The minimum absolute atomic E-state index is 0.00971. The minimum Gasteiger partial charge on any atom is -0.357 e. The van der Waals surface area contributed by atoms with E-state index in [-0.39, 0.29) is 22.9 Å². The quantitative estimate of drug-likeness (QED) is 0.757. The summed E-state index contributed by atoms with van der Waals surface area (Å²) in [5.74, 6) is 0.0710. The molecule has 9 nitrogen and oxygen atoms in total. The average molecular weight is 380 g/mol. The number of carbonyl (C=O) groups is 2. The van der Waals surface area contributed by atoms with Gasteiger partial charge < -0.3 is 16.4 Å². The molecule has 4 N–H and O–H groups in total. The van der Waals surface area contributed by atoms with Crippen LogP contribution in [0, 0.1) is 5.82 Å². The van der Waals surface area contributed by atoms with Crippen LogP contribution in [-0.2, 0) is 6.54 Å². The summed E-state index contributed by atoms with van der Waals surface area (Å²) < 4.78 is 14.0. The van der Waals surface area contributed by atoms with E-state index in [0.29, 0.717) is 17.3 Å². The molecule has 136 valence electrons. The van der Waals surface area contributed by atoms with Crippen LogP contribution in [0.15, 0.2) is 18.3 Å². The number of nitrogens with one attached hydrogen (secondary N) is 2. The average Bonchev–Trinajstić information content (AvgIpc) is 2.60. The molecular weight excluding hydrogens is 365 g/mol. The van der Waals surface area contributed by atoms with E-state index in [1.54, 1.807) is 20.3 Å². The molecule has 0 fully saturated rings. The third-order valence-electron chi connectivity index (χ3n) is 3.81. The highest BCUT2D eigenvalue weighted by Gasteiger charge is 2.32. The monoisotopic (exact) mass is 379 g/mol. The second-order valence-electron chi connectivity index (χ2n) is 5.49. The smallest absolute Gasteiger partial charge is 0.330 e. The Morgan fingerprint density at radius 1 is 1.42 bits per heavy atom. The van der Waals surface area contributed by atoms with Gasteiger partial charge in [-0.2, -0.15) is 4.98 Å². The van der Waals surface area contributed by atoms with E-state index >= 15 is 0 Å². The van der Waals surface area contributed by atoms with Gasteiger partial charge in [0.2, 0.25) is 5.95 Å². The van der Waals surface area contributed by atoms with E-state index < -0.39 is 17.9 Å². The largest absolute Gasteiger partial charge is 0.357 e. The first-order valence-electron chi connectivity index (χ1n) is 7.46. The van der Waals surface area contributed by atoms with Crippen molar-refractivity contribution in [2.75, 3.05) is 34.5 Å². The van der Waals surface area contributed by atoms with Gasteiger partial charge >= 0.3 is 12.1 Å². The molecule has 0 saturated carbocycles. The molecule has 0 atom stereocenters. The fourth-order valence-corrected chi connectivity index (χ4v) is 2.84. The summed E-state index contributed by atoms with van der Waals surface area (Å²) >= 11 is 6.12. The van der Waals surface area contributed by atoms with Crippen LogP contribution in [0.25, 0.3) is 0 Å². The third-order valence-corrected chi connectivity index (χ3v) is 4.12. The van der Waals surface area contributed by atoms with E-state index in [1.807, 2.05) is 0 Å². The van der Waals surface area contributed by atoms with Crippen molar-refractivity contribution in [2.24, 2.45) is 5.73 Å². The van der Waals surface area contributed by atoms with Crippen molar-refractivity contribution < 1.29 is 14.0 Å². The molecule has 1 aliphatic heterocycles. The maximum atomic E-state index is 14.0. The Morgan fingerprint density at radius 2 is 2.15 bits per heavy atom. The van der Waals surface area contributed by atoms with Gasteiger partial charge in [0.15, 0.2) is 0 Å². The molecule has 26 heavy (non-hydrogen) atoms. The molecule has 11 heteroatoms. The highest BCUT2D eigenvalue weighted by atomic mass is 35.5. The highest BCUT2D eigenvalue weighted by Crippen LogP contribution is 2.36. The number of hydrogen-bond donors (Lipinski definition) is 3. The summed E-state index contributed by atoms with van der Waals surface area (Å²) in [6.45, 7) is 0.129. The Kier molecular flexibility index (Phi) is 4.51. The summed E-state index contributed by atoms with van der Waals surface area (Å²) in [4.78, 5) is 34.9. The maximum Gasteiger partial charge on any atom is 0.330 e. The summed E-state index contributed by atoms with van der Waals surface area (Å²) in [6, 6.07) is 0.905. The second kappa shape index (κ2) is 6.64. The van der Waals surface area contributed by atoms with Crippen LogP contribution >= 0.6 is 11.6 Å². The predicted octanol–water partition coefficient (Wildman–Crippen LogP) is 2.38. The van der Waals surface area contributed by atoms with E-state index in [9.17, 15) is 14.0 Å². The Balaban J connectivity index is 2.04. The Bertz CT molecular complexity index is 908. The van der Waals surface area contributed by atoms with Crippen molar-refractivity contribution in [1.29, 1.82) is 0 Å². The molecular formula is C15H15ClFN7O2. The van der Waals surface area contributed by atoms with Crippen LogP contribution in [-0.4, -0.2) is 36.1 Å². The number of nitrogens with zero attached hydrogens (tertiary/aromatic N) is 4. The lowest BCUT2D eigenvalue weighted by molar-refractivity contribution is 0.251. The van der Waals surface area contributed by atoms with Crippen LogP contribution in [0.5, 0.6) is 0 Å². The summed E-state index contributed by atoms with van der Waals surface area (Å²) in [5.41, 5.74) is 5.75. The van der Waals surface area contributed by atoms with Gasteiger partial charge in [-0.15, -0.1) is 0 Å². The van der Waals surface area contributed by atoms with Crippen molar-refractivity contribution in [1.82, 2.24) is 9.97 Å². The number of hydrogen-bond acceptors (Lipinski definition) is 5. The number of primary amides is 1. The lowest BCUT2D eigenvalue weighted by Gasteiger charge is -2.34.